The molecule has 1 aromatic heterocycles. The maximum Gasteiger partial charge on any atom is 0.273 e. The van der Waals surface area contributed by atoms with Crippen LogP contribution in [0.15, 0.2) is 36.5 Å². The average molecular weight is 591 g/mol. The summed E-state index contributed by atoms with van der Waals surface area (Å²) in [7, 11) is -2.24. The molecule has 0 unspecified atom stereocenters. The molecule has 3 rings (SSSR count). The quantitative estimate of drug-likeness (QED) is 0.347. The third-order valence-corrected chi connectivity index (χ3v) is 6.57. The Labute approximate surface area is 239 Å². The van der Waals surface area contributed by atoms with Gasteiger partial charge in [0.15, 0.2) is 11.4 Å². The highest BCUT2D eigenvalue weighted by Crippen LogP contribution is 2.39. The van der Waals surface area contributed by atoms with E-state index in [1.165, 1.54) is 36.2 Å². The van der Waals surface area contributed by atoms with E-state index in [4.69, 9.17) is 16.3 Å². The fourth-order valence-electron chi connectivity index (χ4n) is 3.60. The zero-order chi connectivity index (χ0) is 30.0. The van der Waals surface area contributed by atoms with Crippen molar-refractivity contribution in [3.8, 4) is 11.4 Å². The fraction of sp³-hybridized carbons (Fsp3) is 0.407. The van der Waals surface area contributed by atoms with E-state index < -0.39 is 15.9 Å². The zero-order valence-electron chi connectivity index (χ0n) is 23.8. The number of hydrogen-bond donors (Lipinski definition) is 3. The van der Waals surface area contributed by atoms with Crippen LogP contribution in [0.1, 0.15) is 68.0 Å². The third kappa shape index (κ3) is 7.95. The van der Waals surface area contributed by atoms with E-state index in [1.54, 1.807) is 12.1 Å². The molecule has 13 heteroatoms. The van der Waals surface area contributed by atoms with E-state index in [1.807, 2.05) is 41.5 Å². The maximum atomic E-state index is 13.4. The smallest absolute Gasteiger partial charge is 0.273 e. The largest absolute Gasteiger partial charge is 0.492 e. The van der Waals surface area contributed by atoms with Crippen molar-refractivity contribution < 1.29 is 22.7 Å². The van der Waals surface area contributed by atoms with Gasteiger partial charge in [-0.1, -0.05) is 58.4 Å². The Morgan fingerprint density at radius 1 is 1.02 bits per heavy atom. The molecule has 3 N–H and O–H groups in total. The van der Waals surface area contributed by atoms with Gasteiger partial charge in [0.2, 0.25) is 10.0 Å². The predicted octanol–water partition coefficient (Wildman–Crippen LogP) is 4.63. The molecule has 40 heavy (non-hydrogen) atoms. The van der Waals surface area contributed by atoms with Crippen LogP contribution in [0.3, 0.4) is 0 Å². The molecular formula is C27H35ClN6O5S. The van der Waals surface area contributed by atoms with Gasteiger partial charge in [-0.15, -0.1) is 5.10 Å². The van der Waals surface area contributed by atoms with Gasteiger partial charge in [0.1, 0.15) is 0 Å². The number of benzene rings is 2. The topological polar surface area (TPSA) is 144 Å². The van der Waals surface area contributed by atoms with Gasteiger partial charge in [-0.3, -0.25) is 14.3 Å². The number of aromatic nitrogens is 3. The number of sulfonamides is 1. The Balaban J connectivity index is 1.95. The van der Waals surface area contributed by atoms with Crippen molar-refractivity contribution in [3.05, 3.63) is 58.4 Å². The number of methoxy groups -OCH3 is 1. The molecule has 2 aromatic carbocycles. The van der Waals surface area contributed by atoms with Crippen molar-refractivity contribution in [2.75, 3.05) is 29.9 Å². The number of amides is 2. The molecule has 2 amide bonds. The second kappa shape index (κ2) is 11.5. The number of carbonyl (C=O) groups is 2. The van der Waals surface area contributed by atoms with Crippen LogP contribution in [0.5, 0.6) is 5.75 Å². The SMILES string of the molecule is COc1c(NC(=O)c2ccc(Cl)c(-n3cc(C(=O)NCC(C)(C)C)nn3)c2)cc(C(C)(C)C)cc1NS(C)(=O)=O. The summed E-state index contributed by atoms with van der Waals surface area (Å²) in [5.41, 5.74) is 1.45. The standard InChI is InChI=1S/C27H35ClN6O5S/c1-26(2,3)15-29-25(36)21-14-34(33-31-21)22-11-16(9-10-18(22)28)24(35)30-19-12-17(27(4,5)6)13-20(23(19)39-7)32-40(8,37)38/h9-14,32H,15H2,1-8H3,(H,29,36)(H,30,35). The number of rotatable bonds is 8. The highest BCUT2D eigenvalue weighted by atomic mass is 35.5. The molecule has 0 saturated carbocycles. The molecule has 0 bridgehead atoms. The second-order valence-electron chi connectivity index (χ2n) is 11.6. The molecule has 0 fully saturated rings. The summed E-state index contributed by atoms with van der Waals surface area (Å²) in [5, 5.41) is 13.9. The lowest BCUT2D eigenvalue weighted by Crippen LogP contribution is -2.32. The van der Waals surface area contributed by atoms with Gasteiger partial charge in [0.05, 0.1) is 41.6 Å². The van der Waals surface area contributed by atoms with Crippen LogP contribution in [0.2, 0.25) is 5.02 Å². The van der Waals surface area contributed by atoms with Crippen molar-refractivity contribution in [1.82, 2.24) is 20.3 Å². The molecule has 216 valence electrons. The molecule has 11 nitrogen and oxygen atoms in total. The van der Waals surface area contributed by atoms with Crippen LogP contribution in [0, 0.1) is 5.41 Å². The number of halogens is 1. The number of nitrogens with zero attached hydrogens (tertiary/aromatic N) is 3. The monoisotopic (exact) mass is 590 g/mol. The summed E-state index contributed by atoms with van der Waals surface area (Å²) < 4.78 is 33.3. The number of carbonyl (C=O) groups excluding carboxylic acids is 2. The maximum absolute atomic E-state index is 13.4. The van der Waals surface area contributed by atoms with E-state index in [-0.39, 0.29) is 50.1 Å². The molecule has 3 aromatic rings. The summed E-state index contributed by atoms with van der Waals surface area (Å²) >= 11 is 6.40. The first-order chi connectivity index (χ1) is 18.4. The van der Waals surface area contributed by atoms with E-state index >= 15 is 0 Å². The molecular weight excluding hydrogens is 556 g/mol. The summed E-state index contributed by atoms with van der Waals surface area (Å²) in [6, 6.07) is 7.99. The minimum Gasteiger partial charge on any atom is -0.492 e. The minimum absolute atomic E-state index is 0.102. The highest BCUT2D eigenvalue weighted by Gasteiger charge is 2.23. The lowest BCUT2D eigenvalue weighted by molar-refractivity contribution is 0.0933. The second-order valence-corrected chi connectivity index (χ2v) is 13.8. The van der Waals surface area contributed by atoms with Crippen LogP contribution < -0.4 is 20.1 Å². The van der Waals surface area contributed by atoms with E-state index in [0.717, 1.165) is 11.8 Å². The number of nitrogens with one attached hydrogen (secondary N) is 3. The van der Waals surface area contributed by atoms with Crippen LogP contribution in [0.4, 0.5) is 11.4 Å². The summed E-state index contributed by atoms with van der Waals surface area (Å²) in [4.78, 5) is 25.9. The summed E-state index contributed by atoms with van der Waals surface area (Å²) in [6.45, 7) is 12.3. The van der Waals surface area contributed by atoms with Gasteiger partial charge >= 0.3 is 0 Å². The molecule has 0 aliphatic rings. The van der Waals surface area contributed by atoms with Crippen molar-refractivity contribution in [2.45, 2.75) is 47.0 Å². The lowest BCUT2D eigenvalue weighted by atomic mass is 9.86. The van der Waals surface area contributed by atoms with Gasteiger partial charge in [0.25, 0.3) is 11.8 Å². The van der Waals surface area contributed by atoms with Crippen molar-refractivity contribution >= 4 is 44.8 Å². The van der Waals surface area contributed by atoms with E-state index in [9.17, 15) is 18.0 Å². The molecule has 0 spiro atoms. The number of ether oxygens (including phenoxy) is 1. The minimum atomic E-state index is -3.63. The third-order valence-electron chi connectivity index (χ3n) is 5.66. The zero-order valence-corrected chi connectivity index (χ0v) is 25.4. The highest BCUT2D eigenvalue weighted by molar-refractivity contribution is 7.92. The van der Waals surface area contributed by atoms with Crippen molar-refractivity contribution in [1.29, 1.82) is 0 Å². The Kier molecular flexibility index (Phi) is 8.85. The predicted molar refractivity (Wildman–Crippen MR) is 156 cm³/mol. The van der Waals surface area contributed by atoms with Gasteiger partial charge in [0, 0.05) is 12.1 Å². The van der Waals surface area contributed by atoms with Gasteiger partial charge < -0.3 is 15.4 Å². The molecule has 0 aliphatic heterocycles. The molecule has 1 heterocycles. The first-order valence-electron chi connectivity index (χ1n) is 12.4. The van der Waals surface area contributed by atoms with Crippen LogP contribution in [-0.2, 0) is 15.4 Å². The van der Waals surface area contributed by atoms with Gasteiger partial charge in [-0.25, -0.2) is 13.1 Å². The van der Waals surface area contributed by atoms with Crippen molar-refractivity contribution in [3.63, 3.8) is 0 Å². The Hall–Kier alpha value is -3.64. The Morgan fingerprint density at radius 2 is 1.68 bits per heavy atom. The van der Waals surface area contributed by atoms with E-state index in [2.05, 4.69) is 25.7 Å². The number of anilines is 2. The number of hydrogen-bond acceptors (Lipinski definition) is 7. The molecule has 0 radical (unpaired) electrons. The summed E-state index contributed by atoms with van der Waals surface area (Å²) in [6.07, 6.45) is 2.47. The fourth-order valence-corrected chi connectivity index (χ4v) is 4.35. The first kappa shape index (κ1) is 30.9. The molecule has 0 atom stereocenters. The normalized spacial score (nSPS) is 12.1. The molecule has 0 saturated heterocycles. The van der Waals surface area contributed by atoms with Crippen LogP contribution in [-0.4, -0.2) is 55.1 Å². The Bertz CT molecular complexity index is 1540. The first-order valence-corrected chi connectivity index (χ1v) is 14.7. The van der Waals surface area contributed by atoms with Gasteiger partial charge in [-0.2, -0.15) is 0 Å². The summed E-state index contributed by atoms with van der Waals surface area (Å²) in [5.74, 6) is -0.727. The van der Waals surface area contributed by atoms with E-state index in [0.29, 0.717) is 12.2 Å². The van der Waals surface area contributed by atoms with Crippen molar-refractivity contribution in [2.24, 2.45) is 5.41 Å². The average Bonchev–Trinajstić information content (AvgIpc) is 3.30. The Morgan fingerprint density at radius 3 is 2.25 bits per heavy atom. The van der Waals surface area contributed by atoms with Crippen LogP contribution >= 0.6 is 11.6 Å². The lowest BCUT2D eigenvalue weighted by Gasteiger charge is -2.24. The van der Waals surface area contributed by atoms with Crippen LogP contribution in [0.25, 0.3) is 5.69 Å². The molecule has 0 aliphatic carbocycles. The van der Waals surface area contributed by atoms with Gasteiger partial charge in [-0.05, 0) is 46.7 Å².